The molecule has 0 saturated heterocycles. The highest BCUT2D eigenvalue weighted by Crippen LogP contribution is 2.25. The van der Waals surface area contributed by atoms with Crippen LogP contribution >= 0.6 is 0 Å². The normalized spacial score (nSPS) is 10.4. The van der Waals surface area contributed by atoms with Gasteiger partial charge in [0.2, 0.25) is 0 Å². The zero-order valence-corrected chi connectivity index (χ0v) is 8.45. The molecule has 3 heteroatoms. The maximum atomic E-state index is 13.4. The highest BCUT2D eigenvalue weighted by Gasteiger charge is 2.08. The Balaban J connectivity index is 2.55. The fourth-order valence-corrected chi connectivity index (χ4v) is 1.62. The molecule has 1 N–H and O–H groups in total. The predicted octanol–water partition coefficient (Wildman–Crippen LogP) is 3.12. The van der Waals surface area contributed by atoms with E-state index in [0.29, 0.717) is 11.1 Å². The summed E-state index contributed by atoms with van der Waals surface area (Å²) in [4.78, 5) is 0. The van der Waals surface area contributed by atoms with Crippen LogP contribution in [0.4, 0.5) is 8.78 Å². The lowest BCUT2D eigenvalue weighted by atomic mass is 10.00. The minimum absolute atomic E-state index is 0.231. The Labute approximate surface area is 92.0 Å². The first-order valence-electron chi connectivity index (χ1n) is 4.86. The van der Waals surface area contributed by atoms with Crippen LogP contribution in [0, 0.1) is 11.6 Å². The Kier molecular flexibility index (Phi) is 2.97. The van der Waals surface area contributed by atoms with Gasteiger partial charge in [0.25, 0.3) is 0 Å². The van der Waals surface area contributed by atoms with Gasteiger partial charge in [-0.05, 0) is 29.3 Å². The van der Waals surface area contributed by atoms with Crippen molar-refractivity contribution < 1.29 is 13.9 Å². The molecule has 82 valence electrons. The average molecular weight is 220 g/mol. The number of halogens is 2. The molecule has 0 amide bonds. The Bertz CT molecular complexity index is 492. The van der Waals surface area contributed by atoms with Gasteiger partial charge in [0.15, 0.2) is 0 Å². The highest BCUT2D eigenvalue weighted by atomic mass is 19.1. The van der Waals surface area contributed by atoms with E-state index < -0.39 is 5.82 Å². The number of rotatable bonds is 2. The van der Waals surface area contributed by atoms with E-state index in [1.807, 2.05) is 0 Å². The molecule has 0 saturated carbocycles. The predicted molar refractivity (Wildman–Crippen MR) is 57.7 cm³/mol. The van der Waals surface area contributed by atoms with E-state index in [4.69, 9.17) is 5.11 Å². The number of hydrogen-bond donors (Lipinski definition) is 1. The topological polar surface area (TPSA) is 20.2 Å². The summed E-state index contributed by atoms with van der Waals surface area (Å²) >= 11 is 0. The van der Waals surface area contributed by atoms with Gasteiger partial charge in [-0.2, -0.15) is 0 Å². The standard InChI is InChI=1S/C13H10F2O/c14-10-6-4-9(5-7-10)11-2-1-3-13(15)12(11)8-16/h1-7,16H,8H2. The van der Waals surface area contributed by atoms with Gasteiger partial charge < -0.3 is 5.11 Å². The SMILES string of the molecule is OCc1c(F)cccc1-c1ccc(F)cc1. The summed E-state index contributed by atoms with van der Waals surface area (Å²) in [5.41, 5.74) is 1.50. The summed E-state index contributed by atoms with van der Waals surface area (Å²) in [6.45, 7) is -0.376. The van der Waals surface area contributed by atoms with Crippen molar-refractivity contribution in [3.63, 3.8) is 0 Å². The summed E-state index contributed by atoms with van der Waals surface area (Å²) in [6, 6.07) is 10.3. The molecule has 2 aromatic carbocycles. The first-order valence-corrected chi connectivity index (χ1v) is 4.86. The van der Waals surface area contributed by atoms with Gasteiger partial charge in [-0.25, -0.2) is 8.78 Å². The molecule has 2 rings (SSSR count). The molecule has 0 fully saturated rings. The van der Waals surface area contributed by atoms with Crippen molar-refractivity contribution >= 4 is 0 Å². The maximum absolute atomic E-state index is 13.4. The molecule has 0 atom stereocenters. The number of benzene rings is 2. The van der Waals surface area contributed by atoms with Crippen molar-refractivity contribution in [1.29, 1.82) is 0 Å². The lowest BCUT2D eigenvalue weighted by Crippen LogP contribution is -1.94. The minimum atomic E-state index is -0.454. The smallest absolute Gasteiger partial charge is 0.129 e. The van der Waals surface area contributed by atoms with Gasteiger partial charge in [0.1, 0.15) is 11.6 Å². The van der Waals surface area contributed by atoms with Crippen LogP contribution in [0.2, 0.25) is 0 Å². The third-order valence-corrected chi connectivity index (χ3v) is 2.43. The second-order valence-electron chi connectivity index (χ2n) is 3.43. The molecule has 0 bridgehead atoms. The van der Waals surface area contributed by atoms with Crippen LogP contribution in [-0.4, -0.2) is 5.11 Å². The van der Waals surface area contributed by atoms with Crippen molar-refractivity contribution in [2.24, 2.45) is 0 Å². The van der Waals surface area contributed by atoms with Crippen molar-refractivity contribution in [1.82, 2.24) is 0 Å². The van der Waals surface area contributed by atoms with E-state index in [1.54, 1.807) is 24.3 Å². The van der Waals surface area contributed by atoms with Crippen LogP contribution in [0.25, 0.3) is 11.1 Å². The molecule has 0 heterocycles. The van der Waals surface area contributed by atoms with E-state index >= 15 is 0 Å². The lowest BCUT2D eigenvalue weighted by Gasteiger charge is -2.08. The van der Waals surface area contributed by atoms with Gasteiger partial charge in [-0.15, -0.1) is 0 Å². The number of hydrogen-bond acceptors (Lipinski definition) is 1. The summed E-state index contributed by atoms with van der Waals surface area (Å²) in [6.07, 6.45) is 0. The van der Waals surface area contributed by atoms with Crippen molar-refractivity contribution in [2.45, 2.75) is 6.61 Å². The van der Waals surface area contributed by atoms with Crippen molar-refractivity contribution in [3.8, 4) is 11.1 Å². The summed E-state index contributed by atoms with van der Waals surface area (Å²) in [5.74, 6) is -0.796. The molecule has 0 aliphatic rings. The first-order chi connectivity index (χ1) is 7.72. The molecule has 0 radical (unpaired) electrons. The fourth-order valence-electron chi connectivity index (χ4n) is 1.62. The number of aliphatic hydroxyl groups excluding tert-OH is 1. The third kappa shape index (κ3) is 1.95. The van der Waals surface area contributed by atoms with E-state index in [0.717, 1.165) is 0 Å². The zero-order valence-electron chi connectivity index (χ0n) is 8.45. The number of aliphatic hydroxyl groups is 1. The molecule has 0 unspecified atom stereocenters. The van der Waals surface area contributed by atoms with Gasteiger partial charge in [0.05, 0.1) is 6.61 Å². The third-order valence-electron chi connectivity index (χ3n) is 2.43. The van der Waals surface area contributed by atoms with Crippen LogP contribution in [0.15, 0.2) is 42.5 Å². The largest absolute Gasteiger partial charge is 0.392 e. The van der Waals surface area contributed by atoms with Crippen LogP contribution in [0.3, 0.4) is 0 Å². The quantitative estimate of drug-likeness (QED) is 0.824. The summed E-state index contributed by atoms with van der Waals surface area (Å²) < 4.78 is 26.1. The molecular weight excluding hydrogens is 210 g/mol. The van der Waals surface area contributed by atoms with Gasteiger partial charge in [-0.1, -0.05) is 24.3 Å². The van der Waals surface area contributed by atoms with Crippen LogP contribution < -0.4 is 0 Å². The van der Waals surface area contributed by atoms with E-state index in [9.17, 15) is 8.78 Å². The molecule has 0 aliphatic heterocycles. The molecule has 0 aromatic heterocycles. The van der Waals surface area contributed by atoms with Crippen LogP contribution in [0.5, 0.6) is 0 Å². The van der Waals surface area contributed by atoms with Gasteiger partial charge in [-0.3, -0.25) is 0 Å². The van der Waals surface area contributed by atoms with E-state index in [2.05, 4.69) is 0 Å². The average Bonchev–Trinajstić information content (AvgIpc) is 2.30. The Morgan fingerprint density at radius 3 is 2.25 bits per heavy atom. The lowest BCUT2D eigenvalue weighted by molar-refractivity contribution is 0.276. The van der Waals surface area contributed by atoms with Gasteiger partial charge in [0, 0.05) is 5.56 Å². The second-order valence-corrected chi connectivity index (χ2v) is 3.43. The van der Waals surface area contributed by atoms with Crippen molar-refractivity contribution in [2.75, 3.05) is 0 Å². The molecule has 0 aliphatic carbocycles. The van der Waals surface area contributed by atoms with E-state index in [1.165, 1.54) is 18.2 Å². The van der Waals surface area contributed by atoms with Crippen molar-refractivity contribution in [3.05, 3.63) is 59.7 Å². The molecule has 0 spiro atoms. The highest BCUT2D eigenvalue weighted by molar-refractivity contribution is 5.67. The maximum Gasteiger partial charge on any atom is 0.129 e. The molecule has 2 aromatic rings. The molecule has 16 heavy (non-hydrogen) atoms. The zero-order chi connectivity index (χ0) is 11.5. The molecule has 1 nitrogen and oxygen atoms in total. The van der Waals surface area contributed by atoms with Crippen LogP contribution in [-0.2, 0) is 6.61 Å². The second kappa shape index (κ2) is 4.41. The minimum Gasteiger partial charge on any atom is -0.392 e. The Morgan fingerprint density at radius 1 is 0.938 bits per heavy atom. The van der Waals surface area contributed by atoms with E-state index in [-0.39, 0.29) is 18.0 Å². The fraction of sp³-hybridized carbons (Fsp3) is 0.0769. The summed E-state index contributed by atoms with van der Waals surface area (Å²) in [5, 5.41) is 9.10. The monoisotopic (exact) mass is 220 g/mol. The molecular formula is C13H10F2O. The summed E-state index contributed by atoms with van der Waals surface area (Å²) in [7, 11) is 0. The van der Waals surface area contributed by atoms with Gasteiger partial charge >= 0.3 is 0 Å². The Hall–Kier alpha value is -1.74. The van der Waals surface area contributed by atoms with Crippen LogP contribution in [0.1, 0.15) is 5.56 Å². The Morgan fingerprint density at radius 2 is 1.62 bits per heavy atom. The first kappa shape index (κ1) is 10.8.